The number of aromatic carboxylic acids is 1. The number of hydrogen-bond donors (Lipinski definition) is 4. The van der Waals surface area contributed by atoms with Gasteiger partial charge in [0, 0.05) is 104 Å². The van der Waals surface area contributed by atoms with Crippen molar-refractivity contribution in [1.82, 2.24) is 58.9 Å². The van der Waals surface area contributed by atoms with Gasteiger partial charge in [0.25, 0.3) is 5.91 Å². The zero-order chi connectivity index (χ0) is 61.2. The molecule has 2 aliphatic rings. The number of carbonyl (C=O) groups is 2. The molecule has 2 atom stereocenters. The number of amides is 1. The van der Waals surface area contributed by atoms with Crippen LogP contribution in [0.5, 0.6) is 0 Å². The maximum Gasteiger partial charge on any atom is 0.373 e. The fraction of sp³-hybridized carbons (Fsp3) is 0.254. The Labute approximate surface area is 494 Å². The Kier molecular flexibility index (Phi) is 18.5. The van der Waals surface area contributed by atoms with Crippen molar-refractivity contribution in [2.75, 3.05) is 57.2 Å². The van der Waals surface area contributed by atoms with E-state index in [0.717, 1.165) is 70.5 Å². The van der Waals surface area contributed by atoms with Crippen LogP contribution < -0.4 is 15.1 Å². The van der Waals surface area contributed by atoms with Gasteiger partial charge in [-0.05, 0) is 105 Å². The van der Waals surface area contributed by atoms with Gasteiger partial charge in [0.2, 0.25) is 11.6 Å². The summed E-state index contributed by atoms with van der Waals surface area (Å²) in [5.74, 6) is -0.804. The van der Waals surface area contributed by atoms with E-state index < -0.39 is 19.2 Å². The highest BCUT2D eigenvalue weighted by Crippen LogP contribution is 2.39. The highest BCUT2D eigenvalue weighted by molar-refractivity contribution is 7.17. The van der Waals surface area contributed by atoms with Crippen molar-refractivity contribution in [3.63, 3.8) is 0 Å². The van der Waals surface area contributed by atoms with Crippen molar-refractivity contribution >= 4 is 67.7 Å². The number of hydrogen-bond acceptors (Lipinski definition) is 19. The number of carboxylic acid groups (broad SMARTS) is 1. The van der Waals surface area contributed by atoms with Gasteiger partial charge >= 0.3 is 5.97 Å². The zero-order valence-electron chi connectivity index (χ0n) is 47.2. The van der Waals surface area contributed by atoms with Crippen LogP contribution in [0.4, 0.5) is 35.1 Å². The van der Waals surface area contributed by atoms with E-state index in [1.54, 1.807) is 41.6 Å². The molecule has 0 bridgehead atoms. The summed E-state index contributed by atoms with van der Waals surface area (Å²) in [5, 5.41) is 51.2. The lowest BCUT2D eigenvalue weighted by Gasteiger charge is -2.17. The predicted molar refractivity (Wildman–Crippen MR) is 316 cm³/mol. The van der Waals surface area contributed by atoms with Crippen molar-refractivity contribution in [2.24, 2.45) is 0 Å². The highest BCUT2D eigenvalue weighted by atomic mass is 32.1. The van der Waals surface area contributed by atoms with Crippen molar-refractivity contribution in [2.45, 2.75) is 51.7 Å². The Balaban J connectivity index is 0.000000181. The molecule has 2 fully saturated rings. The topological polar surface area (TPSA) is 276 Å². The van der Waals surface area contributed by atoms with Crippen molar-refractivity contribution in [3.8, 4) is 56.9 Å². The minimum atomic E-state index is -1.19. The van der Waals surface area contributed by atoms with Crippen LogP contribution in [0.1, 0.15) is 70.4 Å². The molecule has 26 heteroatoms. The van der Waals surface area contributed by atoms with E-state index in [4.69, 9.17) is 31.5 Å². The lowest BCUT2D eigenvalue weighted by Crippen LogP contribution is -2.30. The number of pyridine rings is 2. The van der Waals surface area contributed by atoms with E-state index in [-0.39, 0.29) is 41.8 Å². The summed E-state index contributed by atoms with van der Waals surface area (Å²) in [6.07, 6.45) is 12.2. The zero-order valence-corrected chi connectivity index (χ0v) is 47.9. The minimum Gasteiger partial charge on any atom is -0.475 e. The number of aryl methyl sites for hydroxylation is 2. The normalized spacial score (nSPS) is 14.5. The summed E-state index contributed by atoms with van der Waals surface area (Å²) >= 11 is 2.50. The summed E-state index contributed by atoms with van der Waals surface area (Å²) in [4.78, 5) is 65.4. The van der Waals surface area contributed by atoms with Gasteiger partial charge in [-0.2, -0.15) is 10.5 Å². The Hall–Kier alpha value is -9.57. The second kappa shape index (κ2) is 26.8. The SMILES string of the molecule is CCc1nc2ccc(-c3cnc(C(=O)N4CC[C@H](O)C4)nc3)cn2c1N(C)c1nc(-c2ccc(F)cc2)c(C#N)s1.CCc1nc2ccc(-c3cnc(C(=O)O)nc3)cn2c1N(C)c1nc(-c2ccc(F)cc2)c(C#N)s1.O[C@H]1CCNC1.[2H]CF. The molecule has 0 aliphatic carbocycles. The Morgan fingerprint density at radius 3 is 1.46 bits per heavy atom. The Morgan fingerprint density at radius 1 is 0.671 bits per heavy atom. The number of likely N-dealkylation sites (tertiary alicyclic amines) is 1. The van der Waals surface area contributed by atoms with Gasteiger partial charge in [0.05, 0.1) is 32.1 Å². The molecular weight excluding hydrogens is 1130 g/mol. The van der Waals surface area contributed by atoms with E-state index in [0.29, 0.717) is 73.9 Å². The number of nitriles is 2. The van der Waals surface area contributed by atoms with E-state index in [1.807, 2.05) is 83.2 Å². The summed E-state index contributed by atoms with van der Waals surface area (Å²) in [6, 6.07) is 23.8. The molecule has 10 aromatic rings. The van der Waals surface area contributed by atoms with Crippen LogP contribution >= 0.6 is 22.7 Å². The fourth-order valence-corrected chi connectivity index (χ4v) is 11.1. The molecule has 4 N–H and O–H groups in total. The van der Waals surface area contributed by atoms with E-state index >= 15 is 0 Å². The van der Waals surface area contributed by atoms with Crippen molar-refractivity contribution in [3.05, 3.63) is 154 Å². The average Bonchev–Trinajstić information content (AvgIpc) is 1.91. The van der Waals surface area contributed by atoms with E-state index in [1.165, 1.54) is 59.3 Å². The number of alkyl halides is 1. The predicted octanol–water partition coefficient (Wildman–Crippen LogP) is 9.34. The van der Waals surface area contributed by atoms with Gasteiger partial charge in [-0.3, -0.25) is 18.0 Å². The third-order valence-corrected chi connectivity index (χ3v) is 15.8. The molecule has 0 unspecified atom stereocenters. The molecule has 10 heterocycles. The number of aliphatic hydroxyl groups excluding tert-OH is 2. The van der Waals surface area contributed by atoms with Gasteiger partial charge in [-0.1, -0.05) is 36.5 Å². The summed E-state index contributed by atoms with van der Waals surface area (Å²) in [6.45, 7) is 6.58. The number of benzene rings is 2. The third-order valence-electron chi connectivity index (χ3n) is 13.7. The number of nitrogens with one attached hydrogen (secondary N) is 1. The molecule has 0 spiro atoms. The number of carbonyl (C=O) groups excluding carboxylic acids is 1. The standard InChI is InChI=1S/C29H25FN8O2S.C25H18FN7O2S.C4H9NO.CH3F/c1-3-22-27(36(2)29-35-25(23(12-31)41-29)17-4-7-20(30)8-5-17)38-15-18(6-9-24(38)34-22)19-13-32-26(33-14-19)28(40)37-11-10-21(39)16-37;1-3-18-23(32(2)25-31-21(19(10-27)36-25)14-4-7-17(26)8-5-14)33-13-15(6-9-20(33)30-18)16-11-28-22(24(34)35)29-12-16;6-4-1-2-5-3-4;1-2/h4-9,13-15,21,39H,3,10-11,16H2,1-2H3;4-9,11-13H,3H2,1-2H3,(H,34,35);4-6H,1-3H2;1H3/t21-;;4-;/m0.0./s1/i;;;1D. The molecule has 8 aromatic heterocycles. The molecule has 21 nitrogen and oxygen atoms in total. The lowest BCUT2D eigenvalue weighted by molar-refractivity contribution is 0.0682. The number of rotatable bonds is 12. The summed E-state index contributed by atoms with van der Waals surface area (Å²) in [5.41, 5.74) is 8.45. The van der Waals surface area contributed by atoms with Crippen LogP contribution in [-0.4, -0.2) is 140 Å². The van der Waals surface area contributed by atoms with Crippen LogP contribution in [-0.2, 0) is 12.8 Å². The van der Waals surface area contributed by atoms with Crippen molar-refractivity contribution < 1.29 is 39.5 Å². The van der Waals surface area contributed by atoms with Gasteiger partial charge in [0.1, 0.15) is 67.8 Å². The number of fused-ring (bicyclic) bond motifs is 2. The molecule has 1 amide bonds. The summed E-state index contributed by atoms with van der Waals surface area (Å²) < 4.78 is 46.3. The monoisotopic (exact) mass is 1190 g/mol. The first kappa shape index (κ1) is 58.6. The molecule has 2 aliphatic heterocycles. The number of aromatic nitrogens is 10. The largest absolute Gasteiger partial charge is 0.475 e. The number of halogens is 3. The number of carboxylic acids is 1. The highest BCUT2D eigenvalue weighted by Gasteiger charge is 2.28. The quantitative estimate of drug-likeness (QED) is 0.0886. The number of β-amino-alcohol motifs (C(OH)–C–C–N with tert-alkyl or cyclic N) is 2. The number of thiazole rings is 2. The Morgan fingerprint density at radius 2 is 1.11 bits per heavy atom. The fourth-order valence-electron chi connectivity index (χ4n) is 9.41. The first-order valence-electron chi connectivity index (χ1n) is 27.2. The minimum absolute atomic E-state index is 0.0648. The van der Waals surface area contributed by atoms with Gasteiger partial charge in [0.15, 0.2) is 10.3 Å². The number of imidazole rings is 2. The van der Waals surface area contributed by atoms with Crippen LogP contribution in [0.15, 0.2) is 110 Å². The number of anilines is 4. The first-order valence-corrected chi connectivity index (χ1v) is 28.1. The van der Waals surface area contributed by atoms with Crippen molar-refractivity contribution in [1.29, 1.82) is 10.5 Å². The smallest absolute Gasteiger partial charge is 0.373 e. The molecule has 0 saturated carbocycles. The van der Waals surface area contributed by atoms with E-state index in [2.05, 4.69) is 37.4 Å². The molecule has 12 rings (SSSR count). The molecule has 2 aromatic carbocycles. The van der Waals surface area contributed by atoms with E-state index in [9.17, 15) is 38.4 Å². The lowest BCUT2D eigenvalue weighted by atomic mass is 10.1. The maximum absolute atomic E-state index is 13.5. The van der Waals surface area contributed by atoms with Crippen LogP contribution in [0.2, 0.25) is 0 Å². The molecule has 0 radical (unpaired) electrons. The summed E-state index contributed by atoms with van der Waals surface area (Å²) in [7, 11) is 2.73. The number of aliphatic hydroxyl groups is 2. The second-order valence-electron chi connectivity index (χ2n) is 19.2. The molecule has 2 saturated heterocycles. The van der Waals surface area contributed by atoms with Crippen LogP contribution in [0.3, 0.4) is 0 Å². The van der Waals surface area contributed by atoms with Crippen LogP contribution in [0.25, 0.3) is 56.1 Å². The number of nitrogens with zero attached hydrogens (tertiary/aromatic N) is 15. The van der Waals surface area contributed by atoms with Crippen LogP contribution in [0, 0.1) is 34.3 Å². The Bertz CT molecular complexity index is 4110. The van der Waals surface area contributed by atoms with Gasteiger partial charge in [-0.15, -0.1) is 0 Å². The third kappa shape index (κ3) is 13.1. The maximum atomic E-state index is 13.5. The van der Waals surface area contributed by atoms with Gasteiger partial charge in [-0.25, -0.2) is 53.4 Å². The molecular formula is C59H55F3N16O5S2. The average molecular weight is 1190 g/mol. The van der Waals surface area contributed by atoms with Gasteiger partial charge < -0.3 is 35.3 Å². The molecule has 85 heavy (non-hydrogen) atoms. The molecule has 434 valence electrons. The second-order valence-corrected chi connectivity index (χ2v) is 21.2. The first-order chi connectivity index (χ1) is 41.6.